The summed E-state index contributed by atoms with van der Waals surface area (Å²) in [6.45, 7) is 2.66. The van der Waals surface area contributed by atoms with Gasteiger partial charge in [0.15, 0.2) is 17.5 Å². The smallest absolute Gasteiger partial charge is 0.225 e. The third-order valence-corrected chi connectivity index (χ3v) is 3.99. The normalized spacial score (nSPS) is 14.1. The lowest BCUT2D eigenvalue weighted by molar-refractivity contribution is -0.117. The highest BCUT2D eigenvalue weighted by Crippen LogP contribution is 2.21. The van der Waals surface area contributed by atoms with Crippen molar-refractivity contribution >= 4 is 5.91 Å². The van der Waals surface area contributed by atoms with Crippen LogP contribution in [0.3, 0.4) is 0 Å². The first-order valence-electron chi connectivity index (χ1n) is 8.13. The average Bonchev–Trinajstić information content (AvgIpc) is 3.13. The molecule has 0 unspecified atom stereocenters. The minimum absolute atomic E-state index is 0.0235. The van der Waals surface area contributed by atoms with Crippen LogP contribution < -0.4 is 11.1 Å². The van der Waals surface area contributed by atoms with Crippen LogP contribution in [0.15, 0.2) is 30.6 Å². The number of pyridine rings is 1. The quantitative estimate of drug-likeness (QED) is 0.674. The number of aromatic nitrogens is 6. The second-order valence-electron chi connectivity index (χ2n) is 5.83. The standard InChI is InChI=1S/C16H18N8O/c17-12(25)9-13-21-16(24(22-13)14-3-1-2-5-19-14)11-10-23-8-7-18-6-4-15(23)20-11/h1-3,5,10,18H,4,6-9H2,(H2,17,25). The molecule has 0 aromatic carbocycles. The summed E-state index contributed by atoms with van der Waals surface area (Å²) in [7, 11) is 0. The van der Waals surface area contributed by atoms with E-state index in [-0.39, 0.29) is 6.42 Å². The Bertz CT molecular complexity index is 875. The van der Waals surface area contributed by atoms with Crippen molar-refractivity contribution in [3.8, 4) is 17.3 Å². The van der Waals surface area contributed by atoms with Gasteiger partial charge in [-0.3, -0.25) is 4.79 Å². The number of nitrogens with two attached hydrogens (primary N) is 1. The van der Waals surface area contributed by atoms with Gasteiger partial charge in [-0.05, 0) is 12.1 Å². The first-order valence-corrected chi connectivity index (χ1v) is 8.13. The van der Waals surface area contributed by atoms with Crippen LogP contribution in [0.25, 0.3) is 17.3 Å². The summed E-state index contributed by atoms with van der Waals surface area (Å²) in [4.78, 5) is 24.8. The molecular formula is C16H18N8O. The molecule has 1 aliphatic rings. The molecule has 1 aliphatic heterocycles. The van der Waals surface area contributed by atoms with E-state index < -0.39 is 5.91 Å². The second kappa shape index (κ2) is 6.44. The topological polar surface area (TPSA) is 117 Å². The van der Waals surface area contributed by atoms with Gasteiger partial charge >= 0.3 is 0 Å². The van der Waals surface area contributed by atoms with E-state index in [1.54, 1.807) is 10.9 Å². The molecule has 4 rings (SSSR count). The van der Waals surface area contributed by atoms with E-state index in [1.807, 2.05) is 24.4 Å². The molecule has 4 heterocycles. The van der Waals surface area contributed by atoms with E-state index in [4.69, 9.17) is 10.7 Å². The molecule has 0 atom stereocenters. The lowest BCUT2D eigenvalue weighted by atomic mass is 10.4. The van der Waals surface area contributed by atoms with Gasteiger partial charge in [-0.1, -0.05) is 6.07 Å². The molecule has 1 amide bonds. The molecule has 9 nitrogen and oxygen atoms in total. The third-order valence-electron chi connectivity index (χ3n) is 3.99. The Morgan fingerprint density at radius 2 is 2.20 bits per heavy atom. The number of nitrogens with zero attached hydrogens (tertiary/aromatic N) is 6. The number of imidazole rings is 1. The number of hydrogen-bond donors (Lipinski definition) is 2. The maximum atomic E-state index is 11.3. The molecule has 128 valence electrons. The Balaban J connectivity index is 1.80. The van der Waals surface area contributed by atoms with Crippen molar-refractivity contribution in [2.45, 2.75) is 19.4 Å². The van der Waals surface area contributed by atoms with Crippen molar-refractivity contribution in [2.75, 3.05) is 13.1 Å². The number of carbonyl (C=O) groups is 1. The van der Waals surface area contributed by atoms with Gasteiger partial charge in [-0.25, -0.2) is 15.0 Å². The van der Waals surface area contributed by atoms with Crippen molar-refractivity contribution in [2.24, 2.45) is 5.73 Å². The van der Waals surface area contributed by atoms with E-state index >= 15 is 0 Å². The van der Waals surface area contributed by atoms with Crippen molar-refractivity contribution in [3.63, 3.8) is 0 Å². The van der Waals surface area contributed by atoms with E-state index in [9.17, 15) is 4.79 Å². The Labute approximate surface area is 143 Å². The van der Waals surface area contributed by atoms with Gasteiger partial charge in [-0.2, -0.15) is 4.68 Å². The summed E-state index contributed by atoms with van der Waals surface area (Å²) in [5.74, 6) is 2.07. The summed E-state index contributed by atoms with van der Waals surface area (Å²) in [6.07, 6.45) is 4.48. The van der Waals surface area contributed by atoms with Gasteiger partial charge < -0.3 is 15.6 Å². The predicted octanol–water partition coefficient (Wildman–Crippen LogP) is -0.301. The fraction of sp³-hybridized carbons (Fsp3) is 0.312. The molecule has 0 spiro atoms. The van der Waals surface area contributed by atoms with Crippen LogP contribution in [0.2, 0.25) is 0 Å². The highest BCUT2D eigenvalue weighted by atomic mass is 16.1. The second-order valence-corrected chi connectivity index (χ2v) is 5.83. The van der Waals surface area contributed by atoms with Gasteiger partial charge in [0.2, 0.25) is 5.91 Å². The minimum Gasteiger partial charge on any atom is -0.369 e. The lowest BCUT2D eigenvalue weighted by Gasteiger charge is -2.02. The number of nitrogens with one attached hydrogen (secondary N) is 1. The van der Waals surface area contributed by atoms with Crippen LogP contribution in [0.4, 0.5) is 0 Å². The van der Waals surface area contributed by atoms with Crippen molar-refractivity contribution in [1.82, 2.24) is 34.6 Å². The first-order chi connectivity index (χ1) is 12.2. The molecule has 9 heteroatoms. The highest BCUT2D eigenvalue weighted by Gasteiger charge is 2.20. The largest absolute Gasteiger partial charge is 0.369 e. The molecule has 3 N–H and O–H groups in total. The number of carbonyl (C=O) groups excluding carboxylic acids is 1. The highest BCUT2D eigenvalue weighted by molar-refractivity contribution is 5.75. The summed E-state index contributed by atoms with van der Waals surface area (Å²) in [5.41, 5.74) is 6.00. The Kier molecular flexibility index (Phi) is 3.98. The molecule has 3 aromatic heterocycles. The number of amides is 1. The molecule has 0 aliphatic carbocycles. The Morgan fingerprint density at radius 3 is 3.00 bits per heavy atom. The fourth-order valence-corrected chi connectivity index (χ4v) is 2.87. The van der Waals surface area contributed by atoms with Gasteiger partial charge in [0.1, 0.15) is 11.5 Å². The molecule has 0 saturated heterocycles. The zero-order valence-corrected chi connectivity index (χ0v) is 13.6. The number of hydrogen-bond acceptors (Lipinski definition) is 6. The van der Waals surface area contributed by atoms with Crippen LogP contribution >= 0.6 is 0 Å². The number of rotatable bonds is 4. The van der Waals surface area contributed by atoms with Crippen molar-refractivity contribution in [3.05, 3.63) is 42.2 Å². The number of fused-ring (bicyclic) bond motifs is 1. The predicted molar refractivity (Wildman–Crippen MR) is 89.8 cm³/mol. The zero-order valence-electron chi connectivity index (χ0n) is 13.6. The third kappa shape index (κ3) is 3.13. The van der Waals surface area contributed by atoms with Crippen LogP contribution in [0.5, 0.6) is 0 Å². The van der Waals surface area contributed by atoms with Crippen LogP contribution in [0, 0.1) is 0 Å². The number of primary amides is 1. The van der Waals surface area contributed by atoms with Crippen molar-refractivity contribution in [1.29, 1.82) is 0 Å². The average molecular weight is 338 g/mol. The van der Waals surface area contributed by atoms with E-state index in [1.165, 1.54) is 0 Å². The molecule has 0 bridgehead atoms. The summed E-state index contributed by atoms with van der Waals surface area (Å²) >= 11 is 0. The Hall–Kier alpha value is -3.07. The zero-order chi connectivity index (χ0) is 17.2. The van der Waals surface area contributed by atoms with Crippen LogP contribution in [-0.4, -0.2) is 48.3 Å². The molecule has 3 aromatic rings. The molecular weight excluding hydrogens is 320 g/mol. The van der Waals surface area contributed by atoms with Gasteiger partial charge in [0, 0.05) is 38.4 Å². The maximum Gasteiger partial charge on any atom is 0.225 e. The monoisotopic (exact) mass is 338 g/mol. The van der Waals surface area contributed by atoms with Gasteiger partial charge in [-0.15, -0.1) is 5.10 Å². The SMILES string of the molecule is NC(=O)Cc1nc(-c2cn3c(n2)CCNCC3)n(-c2ccccn2)n1. The van der Waals surface area contributed by atoms with Gasteiger partial charge in [0.25, 0.3) is 0 Å². The maximum absolute atomic E-state index is 11.3. The van der Waals surface area contributed by atoms with Crippen LogP contribution in [0.1, 0.15) is 11.6 Å². The van der Waals surface area contributed by atoms with E-state index in [2.05, 4.69) is 25.0 Å². The lowest BCUT2D eigenvalue weighted by Crippen LogP contribution is -2.17. The van der Waals surface area contributed by atoms with Crippen LogP contribution in [-0.2, 0) is 24.2 Å². The Morgan fingerprint density at radius 1 is 1.28 bits per heavy atom. The summed E-state index contributed by atoms with van der Waals surface area (Å²) in [5, 5.41) is 7.75. The molecule has 0 fully saturated rings. The molecule has 25 heavy (non-hydrogen) atoms. The first kappa shape index (κ1) is 15.5. The summed E-state index contributed by atoms with van der Waals surface area (Å²) in [6, 6.07) is 5.53. The van der Waals surface area contributed by atoms with E-state index in [0.29, 0.717) is 23.2 Å². The molecule has 0 saturated carbocycles. The van der Waals surface area contributed by atoms with Crippen molar-refractivity contribution < 1.29 is 4.79 Å². The van der Waals surface area contributed by atoms with E-state index in [0.717, 1.165) is 31.9 Å². The fourth-order valence-electron chi connectivity index (χ4n) is 2.87. The molecule has 0 radical (unpaired) electrons. The summed E-state index contributed by atoms with van der Waals surface area (Å²) < 4.78 is 3.74. The minimum atomic E-state index is -0.476. The van der Waals surface area contributed by atoms with Gasteiger partial charge in [0.05, 0.1) is 6.42 Å².